The molecule has 1 atom stereocenters. The van der Waals surface area contributed by atoms with Crippen LogP contribution in [0.5, 0.6) is 0 Å². The van der Waals surface area contributed by atoms with Crippen molar-refractivity contribution in [2.45, 2.75) is 29.9 Å². The van der Waals surface area contributed by atoms with E-state index >= 15 is 0 Å². The molecule has 0 saturated carbocycles. The van der Waals surface area contributed by atoms with E-state index in [1.165, 1.54) is 17.8 Å². The minimum atomic E-state index is -0.292. The third-order valence-electron chi connectivity index (χ3n) is 2.46. The van der Waals surface area contributed by atoms with Crippen LogP contribution in [-0.2, 0) is 0 Å². The maximum Gasteiger partial charge on any atom is 0.192 e. The van der Waals surface area contributed by atoms with Crippen molar-refractivity contribution >= 4 is 11.8 Å². The molecule has 0 unspecified atom stereocenters. The first-order valence-corrected chi connectivity index (χ1v) is 6.40. The fourth-order valence-electron chi connectivity index (χ4n) is 1.46. The Balaban J connectivity index is 2.24. The molecule has 1 heterocycles. The zero-order valence-corrected chi connectivity index (χ0v) is 11.0. The molecule has 1 aromatic carbocycles. The van der Waals surface area contributed by atoms with Crippen molar-refractivity contribution in [1.29, 1.82) is 0 Å². The van der Waals surface area contributed by atoms with Gasteiger partial charge in [-0.15, -0.1) is 0 Å². The second kappa shape index (κ2) is 5.46. The van der Waals surface area contributed by atoms with E-state index in [-0.39, 0.29) is 11.9 Å². The van der Waals surface area contributed by atoms with Crippen LogP contribution < -0.4 is 5.73 Å². The Morgan fingerprint density at radius 1 is 1.33 bits per heavy atom. The molecule has 2 rings (SSSR count). The lowest BCUT2D eigenvalue weighted by Gasteiger charge is -2.08. The maximum atomic E-state index is 13.9. The quantitative estimate of drug-likeness (QED) is 0.865. The van der Waals surface area contributed by atoms with Gasteiger partial charge in [0.2, 0.25) is 0 Å². The Kier molecular flexibility index (Phi) is 3.93. The minimum Gasteiger partial charge on any atom is -0.324 e. The summed E-state index contributed by atoms with van der Waals surface area (Å²) < 4.78 is 13.9. The Morgan fingerprint density at radius 3 is 2.72 bits per heavy atom. The third-order valence-corrected chi connectivity index (χ3v) is 3.39. The van der Waals surface area contributed by atoms with E-state index < -0.39 is 0 Å². The zero-order valence-electron chi connectivity index (χ0n) is 10.2. The lowest BCUT2D eigenvalue weighted by Crippen LogP contribution is -2.05. The topological polar surface area (TPSA) is 51.8 Å². The summed E-state index contributed by atoms with van der Waals surface area (Å²) in [6.07, 6.45) is 1.67. The first-order valence-electron chi connectivity index (χ1n) is 5.59. The second-order valence-electron chi connectivity index (χ2n) is 4.06. The molecule has 0 aliphatic rings. The van der Waals surface area contributed by atoms with Crippen LogP contribution in [0.4, 0.5) is 4.39 Å². The molecule has 94 valence electrons. The first-order chi connectivity index (χ1) is 8.56. The van der Waals surface area contributed by atoms with Crippen molar-refractivity contribution in [3.8, 4) is 0 Å². The predicted molar refractivity (Wildman–Crippen MR) is 69.9 cm³/mol. The number of hydrogen-bond acceptors (Lipinski definition) is 4. The van der Waals surface area contributed by atoms with Gasteiger partial charge in [-0.2, -0.15) is 0 Å². The molecule has 0 spiro atoms. The molecular weight excluding hydrogens is 249 g/mol. The van der Waals surface area contributed by atoms with Gasteiger partial charge in [-0.25, -0.2) is 14.4 Å². The number of rotatable bonds is 3. The molecule has 2 N–H and O–H groups in total. The van der Waals surface area contributed by atoms with E-state index in [0.29, 0.717) is 10.1 Å². The number of hydrogen-bond donors (Lipinski definition) is 1. The van der Waals surface area contributed by atoms with E-state index in [2.05, 4.69) is 9.97 Å². The molecule has 0 fully saturated rings. The van der Waals surface area contributed by atoms with Gasteiger partial charge in [0.25, 0.3) is 0 Å². The standard InChI is InChI=1S/C13H14FN3S/c1-8-5-6-16-13(17-8)18-12-4-3-10(9(2)15)7-11(12)14/h3-7,9H,15H2,1-2H3/t9-/m0/s1. The third kappa shape index (κ3) is 3.05. The SMILES string of the molecule is Cc1ccnc(Sc2ccc([C@H](C)N)cc2F)n1. The predicted octanol–water partition coefficient (Wildman–Crippen LogP) is 3.10. The van der Waals surface area contributed by atoms with Gasteiger partial charge in [0.05, 0.1) is 4.90 Å². The summed E-state index contributed by atoms with van der Waals surface area (Å²) in [5.41, 5.74) is 7.35. The molecule has 5 heteroatoms. The average Bonchev–Trinajstić information content (AvgIpc) is 2.31. The van der Waals surface area contributed by atoms with Crippen LogP contribution in [-0.4, -0.2) is 9.97 Å². The Bertz CT molecular complexity index is 558. The summed E-state index contributed by atoms with van der Waals surface area (Å²) in [6, 6.07) is 6.63. The van der Waals surface area contributed by atoms with Crippen molar-refractivity contribution in [3.05, 3.63) is 47.5 Å². The lowest BCUT2D eigenvalue weighted by atomic mass is 10.1. The summed E-state index contributed by atoms with van der Waals surface area (Å²) >= 11 is 1.21. The lowest BCUT2D eigenvalue weighted by molar-refractivity contribution is 0.596. The highest BCUT2D eigenvalue weighted by molar-refractivity contribution is 7.99. The number of halogens is 1. The average molecular weight is 263 g/mol. The summed E-state index contributed by atoms with van der Waals surface area (Å²) in [5, 5.41) is 0.544. The van der Waals surface area contributed by atoms with Gasteiger partial charge < -0.3 is 5.73 Å². The van der Waals surface area contributed by atoms with Crippen molar-refractivity contribution in [2.75, 3.05) is 0 Å². The molecule has 0 saturated heterocycles. The maximum absolute atomic E-state index is 13.9. The zero-order chi connectivity index (χ0) is 13.1. The Morgan fingerprint density at radius 2 is 2.11 bits per heavy atom. The second-order valence-corrected chi connectivity index (χ2v) is 5.07. The van der Waals surface area contributed by atoms with Crippen LogP contribution in [0.25, 0.3) is 0 Å². The molecule has 2 aromatic rings. The van der Waals surface area contributed by atoms with Gasteiger partial charge in [-0.05, 0) is 49.4 Å². The van der Waals surface area contributed by atoms with E-state index in [1.54, 1.807) is 18.3 Å². The largest absolute Gasteiger partial charge is 0.324 e. The van der Waals surface area contributed by atoms with Crippen molar-refractivity contribution in [2.24, 2.45) is 5.73 Å². The molecule has 3 nitrogen and oxygen atoms in total. The van der Waals surface area contributed by atoms with Crippen LogP contribution in [0.1, 0.15) is 24.2 Å². The number of aryl methyl sites for hydroxylation is 1. The van der Waals surface area contributed by atoms with Crippen molar-refractivity contribution in [3.63, 3.8) is 0 Å². The van der Waals surface area contributed by atoms with Gasteiger partial charge in [0.1, 0.15) is 5.82 Å². The minimum absolute atomic E-state index is 0.172. The molecule has 0 bridgehead atoms. The fourth-order valence-corrected chi connectivity index (χ4v) is 2.25. The highest BCUT2D eigenvalue weighted by Crippen LogP contribution is 2.28. The summed E-state index contributed by atoms with van der Waals surface area (Å²) in [5.74, 6) is -0.292. The van der Waals surface area contributed by atoms with Crippen LogP contribution >= 0.6 is 11.8 Å². The highest BCUT2D eigenvalue weighted by Gasteiger charge is 2.09. The van der Waals surface area contributed by atoms with Gasteiger partial charge in [0.15, 0.2) is 5.16 Å². The molecule has 0 aliphatic heterocycles. The summed E-state index contributed by atoms with van der Waals surface area (Å²) in [7, 11) is 0. The number of benzene rings is 1. The molecule has 18 heavy (non-hydrogen) atoms. The molecule has 0 radical (unpaired) electrons. The number of aromatic nitrogens is 2. The van der Waals surface area contributed by atoms with E-state index in [4.69, 9.17) is 5.73 Å². The Labute approximate surface area is 110 Å². The van der Waals surface area contributed by atoms with Crippen molar-refractivity contribution < 1.29 is 4.39 Å². The normalized spacial score (nSPS) is 12.4. The van der Waals surface area contributed by atoms with Crippen LogP contribution in [0.15, 0.2) is 40.5 Å². The number of nitrogens with zero attached hydrogens (tertiary/aromatic N) is 2. The summed E-state index contributed by atoms with van der Waals surface area (Å²) in [4.78, 5) is 8.83. The molecular formula is C13H14FN3S. The monoisotopic (exact) mass is 263 g/mol. The molecule has 1 aromatic heterocycles. The Hall–Kier alpha value is -1.46. The van der Waals surface area contributed by atoms with Crippen LogP contribution in [0, 0.1) is 12.7 Å². The first kappa shape index (κ1) is 13.0. The molecule has 0 aliphatic carbocycles. The van der Waals surface area contributed by atoms with Gasteiger partial charge >= 0.3 is 0 Å². The highest BCUT2D eigenvalue weighted by atomic mass is 32.2. The summed E-state index contributed by atoms with van der Waals surface area (Å²) in [6.45, 7) is 3.70. The van der Waals surface area contributed by atoms with Gasteiger partial charge in [-0.1, -0.05) is 6.07 Å². The van der Waals surface area contributed by atoms with Crippen molar-refractivity contribution in [1.82, 2.24) is 9.97 Å². The van der Waals surface area contributed by atoms with Gasteiger partial charge in [0, 0.05) is 17.9 Å². The molecule has 0 amide bonds. The smallest absolute Gasteiger partial charge is 0.192 e. The van der Waals surface area contributed by atoms with E-state index in [1.807, 2.05) is 19.9 Å². The van der Waals surface area contributed by atoms with Gasteiger partial charge in [-0.3, -0.25) is 0 Å². The van der Waals surface area contributed by atoms with Crippen LogP contribution in [0.3, 0.4) is 0 Å². The van der Waals surface area contributed by atoms with Crippen LogP contribution in [0.2, 0.25) is 0 Å². The number of nitrogens with two attached hydrogens (primary N) is 1. The fraction of sp³-hybridized carbons (Fsp3) is 0.231. The van der Waals surface area contributed by atoms with E-state index in [0.717, 1.165) is 11.3 Å². The van der Waals surface area contributed by atoms with E-state index in [9.17, 15) is 4.39 Å².